The molecule has 172 valence electrons. The van der Waals surface area contributed by atoms with Gasteiger partial charge in [0.25, 0.3) is 0 Å². The van der Waals surface area contributed by atoms with E-state index in [9.17, 15) is 4.79 Å². The van der Waals surface area contributed by atoms with Crippen molar-refractivity contribution in [3.05, 3.63) is 0 Å². The highest BCUT2D eigenvalue weighted by atomic mass is 127. The number of nitrogens with zero attached hydrogens (tertiary/aromatic N) is 3. The van der Waals surface area contributed by atoms with Crippen LogP contribution >= 0.6 is 24.0 Å². The van der Waals surface area contributed by atoms with E-state index in [4.69, 9.17) is 4.74 Å². The molecule has 0 aromatic rings. The van der Waals surface area contributed by atoms with Crippen molar-refractivity contribution in [2.75, 3.05) is 46.3 Å². The van der Waals surface area contributed by atoms with Crippen LogP contribution in [0.5, 0.6) is 0 Å². The third-order valence-corrected chi connectivity index (χ3v) is 5.22. The highest BCUT2D eigenvalue weighted by Crippen LogP contribution is 2.17. The molecule has 29 heavy (non-hydrogen) atoms. The smallest absolute Gasteiger partial charge is 0.306 e. The molecular weight excluding hydrogens is 479 g/mol. The fourth-order valence-corrected chi connectivity index (χ4v) is 3.69. The van der Waals surface area contributed by atoms with Gasteiger partial charge in [0, 0.05) is 39.6 Å². The first-order valence-electron chi connectivity index (χ1n) is 11.2. The molecule has 1 rings (SSSR count). The van der Waals surface area contributed by atoms with Crippen molar-refractivity contribution in [1.29, 1.82) is 0 Å². The minimum absolute atomic E-state index is 0. The molecule has 1 heterocycles. The van der Waals surface area contributed by atoms with Crippen LogP contribution in [0.25, 0.3) is 0 Å². The Labute approximate surface area is 196 Å². The van der Waals surface area contributed by atoms with Crippen LogP contribution in [-0.2, 0) is 9.53 Å². The number of halogens is 1. The number of esters is 1. The highest BCUT2D eigenvalue weighted by Gasteiger charge is 2.25. The number of aliphatic imine (C=N–C) groups is 1. The normalized spacial score (nSPS) is 17.4. The van der Waals surface area contributed by atoms with Gasteiger partial charge >= 0.3 is 5.97 Å². The van der Waals surface area contributed by atoms with Crippen LogP contribution < -0.4 is 5.32 Å². The zero-order valence-electron chi connectivity index (χ0n) is 19.6. The first-order valence-corrected chi connectivity index (χ1v) is 11.2. The quantitative estimate of drug-likeness (QED) is 0.145. The summed E-state index contributed by atoms with van der Waals surface area (Å²) in [7, 11) is 1.88. The molecule has 0 aromatic heterocycles. The largest absolute Gasteiger partial charge is 0.460 e. The van der Waals surface area contributed by atoms with Crippen LogP contribution in [0.1, 0.15) is 73.1 Å². The Balaban J connectivity index is 0.00000784. The van der Waals surface area contributed by atoms with Crippen molar-refractivity contribution in [3.63, 3.8) is 0 Å². The molecule has 0 radical (unpaired) electrons. The van der Waals surface area contributed by atoms with Crippen molar-refractivity contribution in [2.45, 2.75) is 78.7 Å². The summed E-state index contributed by atoms with van der Waals surface area (Å²) in [5.74, 6) is 1.70. The minimum Gasteiger partial charge on any atom is -0.460 e. The summed E-state index contributed by atoms with van der Waals surface area (Å²) in [4.78, 5) is 21.1. The lowest BCUT2D eigenvalue weighted by atomic mass is 10.1. The Hall–Kier alpha value is -0.570. The summed E-state index contributed by atoms with van der Waals surface area (Å²) < 4.78 is 5.34. The Morgan fingerprint density at radius 3 is 2.41 bits per heavy atom. The van der Waals surface area contributed by atoms with Crippen molar-refractivity contribution in [3.8, 4) is 0 Å². The fourth-order valence-electron chi connectivity index (χ4n) is 3.69. The van der Waals surface area contributed by atoms with Gasteiger partial charge in [-0.05, 0) is 59.0 Å². The molecule has 0 bridgehead atoms. The summed E-state index contributed by atoms with van der Waals surface area (Å²) in [5.41, 5.74) is -0.378. The predicted molar refractivity (Wildman–Crippen MR) is 133 cm³/mol. The Kier molecular flexibility index (Phi) is 15.0. The van der Waals surface area contributed by atoms with Crippen LogP contribution in [0, 0.1) is 5.92 Å². The molecule has 1 unspecified atom stereocenters. The zero-order chi connectivity index (χ0) is 21.0. The van der Waals surface area contributed by atoms with Gasteiger partial charge in [0.15, 0.2) is 5.96 Å². The Bertz CT molecular complexity index is 476. The topological polar surface area (TPSA) is 57.2 Å². The van der Waals surface area contributed by atoms with E-state index in [1.165, 1.54) is 13.0 Å². The van der Waals surface area contributed by atoms with Gasteiger partial charge in [0.1, 0.15) is 5.60 Å². The molecule has 0 aliphatic carbocycles. The summed E-state index contributed by atoms with van der Waals surface area (Å²) in [5, 5.41) is 3.51. The van der Waals surface area contributed by atoms with E-state index in [1.54, 1.807) is 0 Å². The van der Waals surface area contributed by atoms with Crippen LogP contribution in [0.2, 0.25) is 0 Å². The maximum Gasteiger partial charge on any atom is 0.306 e. The SMILES string of the molecule is CCN(CC)CC1CCN(C(=NC)NCCCCCCC(=O)OC(C)(C)C)C1.I. The van der Waals surface area contributed by atoms with Gasteiger partial charge in [-0.2, -0.15) is 0 Å². The van der Waals surface area contributed by atoms with Gasteiger partial charge in [0.2, 0.25) is 0 Å². The van der Waals surface area contributed by atoms with Gasteiger partial charge in [-0.25, -0.2) is 0 Å². The highest BCUT2D eigenvalue weighted by molar-refractivity contribution is 14.0. The number of nitrogens with one attached hydrogen (secondary N) is 1. The maximum atomic E-state index is 11.7. The fraction of sp³-hybridized carbons (Fsp3) is 0.909. The molecule has 1 aliphatic heterocycles. The molecule has 0 aromatic carbocycles. The van der Waals surface area contributed by atoms with E-state index in [-0.39, 0.29) is 35.5 Å². The average molecular weight is 525 g/mol. The van der Waals surface area contributed by atoms with E-state index in [2.05, 4.69) is 34.0 Å². The lowest BCUT2D eigenvalue weighted by molar-refractivity contribution is -0.154. The third-order valence-electron chi connectivity index (χ3n) is 5.22. The molecule has 1 atom stereocenters. The molecule has 1 N–H and O–H groups in total. The molecule has 1 aliphatic rings. The number of unbranched alkanes of at least 4 members (excludes halogenated alkanes) is 3. The van der Waals surface area contributed by atoms with Crippen LogP contribution in [0.15, 0.2) is 4.99 Å². The number of carbonyl (C=O) groups is 1. The minimum atomic E-state index is -0.378. The second kappa shape index (κ2) is 15.3. The molecule has 0 spiro atoms. The van der Waals surface area contributed by atoms with Crippen molar-refractivity contribution < 1.29 is 9.53 Å². The summed E-state index contributed by atoms with van der Waals surface area (Å²) in [6.07, 6.45) is 5.97. The van der Waals surface area contributed by atoms with E-state index in [1.807, 2.05) is 27.8 Å². The van der Waals surface area contributed by atoms with Crippen molar-refractivity contribution in [2.24, 2.45) is 10.9 Å². The lowest BCUT2D eigenvalue weighted by Crippen LogP contribution is -2.41. The number of rotatable bonds is 11. The number of hydrogen-bond acceptors (Lipinski definition) is 4. The lowest BCUT2D eigenvalue weighted by Gasteiger charge is -2.24. The van der Waals surface area contributed by atoms with Crippen molar-refractivity contribution in [1.82, 2.24) is 15.1 Å². The van der Waals surface area contributed by atoms with Gasteiger partial charge in [0.05, 0.1) is 0 Å². The second-order valence-corrected chi connectivity index (χ2v) is 8.81. The summed E-state index contributed by atoms with van der Waals surface area (Å²) in [6, 6.07) is 0. The van der Waals surface area contributed by atoms with Gasteiger partial charge in [-0.15, -0.1) is 24.0 Å². The van der Waals surface area contributed by atoms with E-state index in [0.29, 0.717) is 6.42 Å². The monoisotopic (exact) mass is 524 g/mol. The molecule has 1 fully saturated rings. The average Bonchev–Trinajstić information content (AvgIpc) is 3.08. The Morgan fingerprint density at radius 1 is 1.17 bits per heavy atom. The van der Waals surface area contributed by atoms with Crippen LogP contribution in [0.3, 0.4) is 0 Å². The van der Waals surface area contributed by atoms with E-state index < -0.39 is 0 Å². The number of carbonyl (C=O) groups excluding carboxylic acids is 1. The third kappa shape index (κ3) is 12.7. The molecule has 7 heteroatoms. The molecule has 0 saturated carbocycles. The standard InChI is InChI=1S/C22H44N4O2.HI/c1-7-25(8-2)17-19-14-16-26(18-19)21(23-6)24-15-12-10-9-11-13-20(27)28-22(3,4)5;/h19H,7-18H2,1-6H3,(H,23,24);1H. The summed E-state index contributed by atoms with van der Waals surface area (Å²) >= 11 is 0. The molecule has 0 amide bonds. The van der Waals surface area contributed by atoms with Crippen molar-refractivity contribution >= 4 is 35.9 Å². The molecule has 1 saturated heterocycles. The Morgan fingerprint density at radius 2 is 1.83 bits per heavy atom. The van der Waals surface area contributed by atoms with Crippen LogP contribution in [0.4, 0.5) is 0 Å². The number of guanidine groups is 1. The molecular formula is C22H45IN4O2. The number of likely N-dealkylation sites (tertiary alicyclic amines) is 1. The van der Waals surface area contributed by atoms with E-state index >= 15 is 0 Å². The predicted octanol–water partition coefficient (Wildman–Crippen LogP) is 4.14. The van der Waals surface area contributed by atoms with Crippen LogP contribution in [-0.4, -0.2) is 73.6 Å². The molecule has 6 nitrogen and oxygen atoms in total. The number of hydrogen-bond donors (Lipinski definition) is 1. The first-order chi connectivity index (χ1) is 13.3. The maximum absolute atomic E-state index is 11.7. The summed E-state index contributed by atoms with van der Waals surface area (Å²) in [6.45, 7) is 16.8. The zero-order valence-corrected chi connectivity index (χ0v) is 22.0. The van der Waals surface area contributed by atoms with Gasteiger partial charge < -0.3 is 19.9 Å². The van der Waals surface area contributed by atoms with Gasteiger partial charge in [-0.3, -0.25) is 9.79 Å². The van der Waals surface area contributed by atoms with E-state index in [0.717, 1.165) is 70.3 Å². The second-order valence-electron chi connectivity index (χ2n) is 8.81. The van der Waals surface area contributed by atoms with Gasteiger partial charge in [-0.1, -0.05) is 26.7 Å². The first kappa shape index (κ1) is 28.4. The number of ether oxygens (including phenoxy) is 1.